The molecule has 3 rings (SSSR count). The maximum Gasteiger partial charge on any atom is 0.0960 e. The molecule has 0 aliphatic heterocycles. The van der Waals surface area contributed by atoms with Gasteiger partial charge in [-0.15, -0.1) is 0 Å². The van der Waals surface area contributed by atoms with Gasteiger partial charge in [0, 0.05) is 6.04 Å². The van der Waals surface area contributed by atoms with E-state index in [1.54, 1.807) is 0 Å². The first-order valence-corrected chi connectivity index (χ1v) is 8.23. The van der Waals surface area contributed by atoms with Crippen LogP contribution in [0.15, 0.2) is 24.5 Å². The average molecular weight is 272 g/mol. The highest BCUT2D eigenvalue weighted by Crippen LogP contribution is 2.38. The number of aromatic nitrogens is 2. The Labute approximate surface area is 123 Å². The first-order valence-electron chi connectivity index (χ1n) is 8.23. The highest BCUT2D eigenvalue weighted by Gasteiger charge is 2.27. The van der Waals surface area contributed by atoms with Crippen molar-refractivity contribution in [3.8, 4) is 0 Å². The summed E-state index contributed by atoms with van der Waals surface area (Å²) in [5.41, 5.74) is 3.91. The summed E-state index contributed by atoms with van der Waals surface area (Å²) in [5, 5.41) is 0. The lowest BCUT2D eigenvalue weighted by molar-refractivity contribution is 0.220. The minimum atomic E-state index is 0.687. The molecule has 0 atom stereocenters. The molecule has 0 unspecified atom stereocenters. The first-order chi connectivity index (χ1) is 9.78. The van der Waals surface area contributed by atoms with Crippen LogP contribution in [-0.4, -0.2) is 9.55 Å². The van der Waals surface area contributed by atoms with Gasteiger partial charge in [0.05, 0.1) is 17.4 Å². The number of unbranched alkanes of at least 4 members (excludes halogenated alkanes) is 1. The van der Waals surface area contributed by atoms with Crippen LogP contribution in [0.2, 0.25) is 0 Å². The van der Waals surface area contributed by atoms with Crippen LogP contribution in [0.4, 0.5) is 0 Å². The second-order valence-electron chi connectivity index (χ2n) is 5.81. The van der Waals surface area contributed by atoms with Crippen LogP contribution in [0.1, 0.15) is 65.0 Å². The van der Waals surface area contributed by atoms with Gasteiger partial charge in [0.15, 0.2) is 0 Å². The fourth-order valence-corrected chi connectivity index (χ4v) is 2.99. The number of imidazole rings is 1. The summed E-state index contributed by atoms with van der Waals surface area (Å²) in [6.07, 6.45) is 8.36. The summed E-state index contributed by atoms with van der Waals surface area (Å²) in [5.74, 6) is 0.885. The Balaban J connectivity index is 0.000000704. The maximum atomic E-state index is 4.58. The zero-order valence-corrected chi connectivity index (χ0v) is 13.4. The van der Waals surface area contributed by atoms with Crippen LogP contribution in [-0.2, 0) is 6.42 Å². The Morgan fingerprint density at radius 1 is 1.25 bits per heavy atom. The first kappa shape index (κ1) is 15.1. The molecule has 0 amide bonds. The third kappa shape index (κ3) is 3.05. The molecule has 0 bridgehead atoms. The number of fused-ring (bicyclic) bond motifs is 1. The zero-order chi connectivity index (χ0) is 14.5. The molecule has 1 fully saturated rings. The molecule has 0 radical (unpaired) electrons. The molecule has 0 saturated heterocycles. The number of hydrogen-bond donors (Lipinski definition) is 0. The van der Waals surface area contributed by atoms with Crippen LogP contribution in [0.5, 0.6) is 0 Å². The van der Waals surface area contributed by atoms with Crippen LogP contribution < -0.4 is 0 Å². The Hall–Kier alpha value is -1.31. The van der Waals surface area contributed by atoms with Gasteiger partial charge < -0.3 is 4.57 Å². The molecule has 20 heavy (non-hydrogen) atoms. The quantitative estimate of drug-likeness (QED) is 0.731. The lowest BCUT2D eigenvalue weighted by atomic mass is 9.81. The molecule has 0 N–H and O–H groups in total. The van der Waals surface area contributed by atoms with Crippen LogP contribution in [0.25, 0.3) is 11.0 Å². The van der Waals surface area contributed by atoms with Gasteiger partial charge in [-0.25, -0.2) is 4.98 Å². The van der Waals surface area contributed by atoms with E-state index in [2.05, 4.69) is 41.6 Å². The smallest absolute Gasteiger partial charge is 0.0960 e. The van der Waals surface area contributed by atoms with E-state index >= 15 is 0 Å². The van der Waals surface area contributed by atoms with Crippen molar-refractivity contribution in [3.05, 3.63) is 30.1 Å². The van der Waals surface area contributed by atoms with Crippen molar-refractivity contribution in [2.24, 2.45) is 5.92 Å². The van der Waals surface area contributed by atoms with Crippen LogP contribution in [0, 0.1) is 5.92 Å². The summed E-state index contributed by atoms with van der Waals surface area (Å²) >= 11 is 0. The number of benzene rings is 1. The van der Waals surface area contributed by atoms with Gasteiger partial charge in [0.25, 0.3) is 0 Å². The zero-order valence-electron chi connectivity index (χ0n) is 13.4. The predicted molar refractivity (Wildman–Crippen MR) is 87.1 cm³/mol. The molecule has 1 heterocycles. The van der Waals surface area contributed by atoms with Crippen LogP contribution >= 0.6 is 0 Å². The topological polar surface area (TPSA) is 17.8 Å². The van der Waals surface area contributed by atoms with Crippen LogP contribution in [0.3, 0.4) is 0 Å². The fourth-order valence-electron chi connectivity index (χ4n) is 2.99. The van der Waals surface area contributed by atoms with Crippen molar-refractivity contribution in [1.82, 2.24) is 9.55 Å². The summed E-state index contributed by atoms with van der Waals surface area (Å²) in [6, 6.07) is 7.49. The molecule has 1 saturated carbocycles. The molecule has 1 aromatic heterocycles. The number of nitrogens with zero attached hydrogens (tertiary/aromatic N) is 2. The average Bonchev–Trinajstić information content (AvgIpc) is 2.86. The van der Waals surface area contributed by atoms with Gasteiger partial charge in [-0.1, -0.05) is 40.2 Å². The van der Waals surface area contributed by atoms with Crippen molar-refractivity contribution >= 4 is 11.0 Å². The molecule has 1 aliphatic carbocycles. The number of aryl methyl sites for hydroxylation is 1. The Kier molecular flexibility index (Phi) is 5.22. The molecule has 0 spiro atoms. The van der Waals surface area contributed by atoms with E-state index in [0.29, 0.717) is 6.04 Å². The SMILES string of the molecule is CC.CCCCc1ccc2c(c1)ncn2C1CC(C)C1. The van der Waals surface area contributed by atoms with E-state index in [-0.39, 0.29) is 0 Å². The van der Waals surface area contributed by atoms with Crippen molar-refractivity contribution in [1.29, 1.82) is 0 Å². The van der Waals surface area contributed by atoms with E-state index in [0.717, 1.165) is 5.92 Å². The van der Waals surface area contributed by atoms with Crippen molar-refractivity contribution in [2.75, 3.05) is 0 Å². The Bertz CT molecular complexity index is 535. The molecule has 1 aliphatic rings. The van der Waals surface area contributed by atoms with Crippen molar-refractivity contribution in [3.63, 3.8) is 0 Å². The van der Waals surface area contributed by atoms with E-state index in [4.69, 9.17) is 0 Å². The molecule has 2 nitrogen and oxygen atoms in total. The van der Waals surface area contributed by atoms with Gasteiger partial charge in [-0.2, -0.15) is 0 Å². The Morgan fingerprint density at radius 3 is 2.65 bits per heavy atom. The van der Waals surface area contributed by atoms with Gasteiger partial charge in [0.1, 0.15) is 0 Å². The minimum Gasteiger partial charge on any atom is -0.327 e. The third-order valence-corrected chi connectivity index (χ3v) is 4.20. The standard InChI is InChI=1S/C16H22N2.C2H6/c1-3-4-5-13-6-7-16-15(10-13)17-11-18(16)14-8-12(2)9-14;1-2/h6-7,10-12,14H,3-5,8-9H2,1-2H3;1-2H3. The van der Waals surface area contributed by atoms with Gasteiger partial charge >= 0.3 is 0 Å². The van der Waals surface area contributed by atoms with E-state index in [1.807, 2.05) is 20.2 Å². The second kappa shape index (κ2) is 6.92. The Morgan fingerprint density at radius 2 is 2.00 bits per heavy atom. The lowest BCUT2D eigenvalue weighted by Gasteiger charge is -2.34. The minimum absolute atomic E-state index is 0.687. The molecule has 2 heteroatoms. The van der Waals surface area contributed by atoms with Gasteiger partial charge in [0.2, 0.25) is 0 Å². The fraction of sp³-hybridized carbons (Fsp3) is 0.611. The normalized spacial score (nSPS) is 21.2. The molecule has 1 aromatic carbocycles. The summed E-state index contributed by atoms with van der Waals surface area (Å²) in [7, 11) is 0. The summed E-state index contributed by atoms with van der Waals surface area (Å²) < 4.78 is 2.37. The number of rotatable bonds is 4. The lowest BCUT2D eigenvalue weighted by Crippen LogP contribution is -2.23. The van der Waals surface area contributed by atoms with Crippen molar-refractivity contribution < 1.29 is 0 Å². The summed E-state index contributed by atoms with van der Waals surface area (Å²) in [6.45, 7) is 8.57. The highest BCUT2D eigenvalue weighted by molar-refractivity contribution is 5.76. The summed E-state index contributed by atoms with van der Waals surface area (Å²) in [4.78, 5) is 4.58. The molecule has 2 aromatic rings. The molecular weight excluding hydrogens is 244 g/mol. The number of hydrogen-bond acceptors (Lipinski definition) is 1. The highest BCUT2D eigenvalue weighted by atomic mass is 15.1. The largest absolute Gasteiger partial charge is 0.327 e. The van der Waals surface area contributed by atoms with Crippen molar-refractivity contribution in [2.45, 2.75) is 65.8 Å². The maximum absolute atomic E-state index is 4.58. The predicted octanol–water partition coefficient (Wildman–Crippen LogP) is 5.38. The molecule has 110 valence electrons. The van der Waals surface area contributed by atoms with Gasteiger partial charge in [-0.05, 0) is 49.3 Å². The second-order valence-corrected chi connectivity index (χ2v) is 5.81. The van der Waals surface area contributed by atoms with E-state index < -0.39 is 0 Å². The van der Waals surface area contributed by atoms with Gasteiger partial charge in [-0.3, -0.25) is 0 Å². The van der Waals surface area contributed by atoms with E-state index in [9.17, 15) is 0 Å². The monoisotopic (exact) mass is 272 g/mol. The van der Waals surface area contributed by atoms with E-state index in [1.165, 1.54) is 48.7 Å². The molecular formula is C18H28N2. The third-order valence-electron chi connectivity index (χ3n) is 4.20.